The number of ether oxygens (including phenoxy) is 1. The fourth-order valence-electron chi connectivity index (χ4n) is 1.29. The van der Waals surface area contributed by atoms with Crippen LogP contribution in [0, 0.1) is 13.8 Å². The smallest absolute Gasteiger partial charge is 0.293 e. The number of methoxy groups -OCH3 is 1. The normalized spacial score (nSPS) is 9.93. The van der Waals surface area contributed by atoms with Crippen molar-refractivity contribution in [1.82, 2.24) is 0 Å². The lowest BCUT2D eigenvalue weighted by atomic mass is 10.1. The van der Waals surface area contributed by atoms with Crippen LogP contribution in [-0.4, -0.2) is 19.0 Å². The van der Waals surface area contributed by atoms with Crippen molar-refractivity contribution in [3.05, 3.63) is 23.3 Å². The van der Waals surface area contributed by atoms with Gasteiger partial charge in [-0.3, -0.25) is 4.79 Å². The number of nitrogens with zero attached hydrogens (tertiary/aromatic N) is 1. The van der Waals surface area contributed by atoms with Crippen molar-refractivity contribution in [3.8, 4) is 5.75 Å². The molecule has 1 aromatic carbocycles. The van der Waals surface area contributed by atoms with Crippen molar-refractivity contribution in [1.29, 1.82) is 0 Å². The molecule has 1 amide bonds. The Kier molecular flexibility index (Phi) is 3.74. The Labute approximate surface area is 98.2 Å². The third-order valence-electron chi connectivity index (χ3n) is 2.42. The van der Waals surface area contributed by atoms with Crippen LogP contribution < -0.4 is 9.64 Å². The number of hydrogen-bond acceptors (Lipinski definition) is 2. The molecule has 1 rings (SSSR count). The summed E-state index contributed by atoms with van der Waals surface area (Å²) < 4.78 is 5.24. The average Bonchev–Trinajstić information content (AvgIpc) is 2.20. The van der Waals surface area contributed by atoms with Crippen LogP contribution in [0.15, 0.2) is 12.1 Å². The molecule has 0 aliphatic rings. The highest BCUT2D eigenvalue weighted by Gasteiger charge is 2.13. The van der Waals surface area contributed by atoms with Gasteiger partial charge in [0.2, 0.25) is 0 Å². The van der Waals surface area contributed by atoms with Gasteiger partial charge in [-0.15, -0.1) is 0 Å². The predicted molar refractivity (Wildman–Crippen MR) is 65.2 cm³/mol. The maximum absolute atomic E-state index is 11.2. The topological polar surface area (TPSA) is 29.5 Å². The summed E-state index contributed by atoms with van der Waals surface area (Å²) in [5, 5.41) is 0. The summed E-state index contributed by atoms with van der Waals surface area (Å²) in [5.74, 6) is 0.702. The van der Waals surface area contributed by atoms with Crippen molar-refractivity contribution in [2.75, 3.05) is 19.1 Å². The second-order valence-corrected chi connectivity index (χ2v) is 4.10. The first-order chi connectivity index (χ1) is 6.97. The quantitative estimate of drug-likeness (QED) is 0.611. The van der Waals surface area contributed by atoms with Crippen LogP contribution >= 0.6 is 15.9 Å². The molecule has 3 nitrogen and oxygen atoms in total. The van der Waals surface area contributed by atoms with E-state index in [2.05, 4.69) is 15.9 Å². The number of halogens is 1. The maximum Gasteiger partial charge on any atom is 0.293 e. The molecule has 0 unspecified atom stereocenters. The molecular formula is C11H14BrNO2. The molecule has 82 valence electrons. The van der Waals surface area contributed by atoms with Gasteiger partial charge in [-0.05, 0) is 37.1 Å². The SMILES string of the molecule is COc1cc(C)c(C)cc1N(C)C(=O)Br. The molecule has 0 bridgehead atoms. The van der Waals surface area contributed by atoms with E-state index in [4.69, 9.17) is 4.74 Å². The molecule has 15 heavy (non-hydrogen) atoms. The third-order valence-corrected chi connectivity index (χ3v) is 2.95. The number of anilines is 1. The molecule has 0 fully saturated rings. The van der Waals surface area contributed by atoms with Gasteiger partial charge < -0.3 is 9.64 Å². The Hall–Kier alpha value is -1.03. The van der Waals surface area contributed by atoms with Crippen LogP contribution in [0.5, 0.6) is 5.75 Å². The van der Waals surface area contributed by atoms with Crippen LogP contribution in [0.3, 0.4) is 0 Å². The van der Waals surface area contributed by atoms with Gasteiger partial charge in [0.05, 0.1) is 12.8 Å². The van der Waals surface area contributed by atoms with Gasteiger partial charge in [0.1, 0.15) is 5.75 Å². The predicted octanol–water partition coefficient (Wildman–Crippen LogP) is 3.26. The first-order valence-corrected chi connectivity index (χ1v) is 5.35. The minimum absolute atomic E-state index is 0.191. The van der Waals surface area contributed by atoms with Crippen LogP contribution in [0.25, 0.3) is 0 Å². The summed E-state index contributed by atoms with van der Waals surface area (Å²) in [7, 11) is 3.30. The van der Waals surface area contributed by atoms with Gasteiger partial charge in [0.25, 0.3) is 4.82 Å². The minimum atomic E-state index is -0.191. The van der Waals surface area contributed by atoms with Gasteiger partial charge in [-0.1, -0.05) is 0 Å². The van der Waals surface area contributed by atoms with Crippen molar-refractivity contribution >= 4 is 26.4 Å². The average molecular weight is 272 g/mol. The first-order valence-electron chi connectivity index (χ1n) is 4.55. The van der Waals surface area contributed by atoms with Crippen molar-refractivity contribution in [3.63, 3.8) is 0 Å². The summed E-state index contributed by atoms with van der Waals surface area (Å²) in [6.07, 6.45) is 0. The molecule has 0 saturated heterocycles. The number of amides is 1. The van der Waals surface area contributed by atoms with E-state index >= 15 is 0 Å². The van der Waals surface area contributed by atoms with E-state index in [1.165, 1.54) is 4.90 Å². The van der Waals surface area contributed by atoms with Crippen molar-refractivity contribution in [2.45, 2.75) is 13.8 Å². The molecule has 0 radical (unpaired) electrons. The summed E-state index contributed by atoms with van der Waals surface area (Å²) in [6, 6.07) is 3.87. The summed E-state index contributed by atoms with van der Waals surface area (Å²) in [6.45, 7) is 4.02. The lowest BCUT2D eigenvalue weighted by Crippen LogP contribution is -2.20. The monoisotopic (exact) mass is 271 g/mol. The highest BCUT2D eigenvalue weighted by molar-refractivity contribution is 9.18. The third kappa shape index (κ3) is 2.50. The largest absolute Gasteiger partial charge is 0.495 e. The zero-order valence-corrected chi connectivity index (χ0v) is 10.9. The van der Waals surface area contributed by atoms with Gasteiger partial charge in [0, 0.05) is 23.0 Å². The maximum atomic E-state index is 11.2. The minimum Gasteiger partial charge on any atom is -0.495 e. The lowest BCUT2D eigenvalue weighted by Gasteiger charge is -2.18. The Morgan fingerprint density at radius 2 is 1.87 bits per heavy atom. The molecule has 1 aromatic rings. The van der Waals surface area contributed by atoms with E-state index in [1.54, 1.807) is 14.2 Å². The number of carbonyl (C=O) groups excluding carboxylic acids is 1. The Bertz CT molecular complexity index is 390. The van der Waals surface area contributed by atoms with E-state index in [1.807, 2.05) is 26.0 Å². The van der Waals surface area contributed by atoms with E-state index in [-0.39, 0.29) is 4.82 Å². The molecule has 0 heterocycles. The first kappa shape index (κ1) is 12.0. The summed E-state index contributed by atoms with van der Waals surface area (Å²) in [4.78, 5) is 12.5. The number of benzene rings is 1. The molecular weight excluding hydrogens is 258 g/mol. The zero-order chi connectivity index (χ0) is 11.6. The van der Waals surface area contributed by atoms with Gasteiger partial charge in [0.15, 0.2) is 0 Å². The summed E-state index contributed by atoms with van der Waals surface area (Å²) in [5.41, 5.74) is 3.04. The van der Waals surface area contributed by atoms with Crippen LogP contribution in [0.1, 0.15) is 11.1 Å². The molecule has 0 saturated carbocycles. The molecule has 0 atom stereocenters. The molecule has 0 N–H and O–H groups in total. The molecule has 0 aliphatic heterocycles. The van der Waals surface area contributed by atoms with Gasteiger partial charge >= 0.3 is 0 Å². The number of aryl methyl sites for hydroxylation is 2. The molecule has 0 aliphatic carbocycles. The number of carbonyl (C=O) groups is 1. The second-order valence-electron chi connectivity index (χ2n) is 3.42. The van der Waals surface area contributed by atoms with Gasteiger partial charge in [-0.25, -0.2) is 0 Å². The Morgan fingerprint density at radius 3 is 2.33 bits per heavy atom. The second kappa shape index (κ2) is 4.66. The van der Waals surface area contributed by atoms with E-state index in [0.717, 1.165) is 16.8 Å². The molecule has 0 aromatic heterocycles. The lowest BCUT2D eigenvalue weighted by molar-refractivity contribution is 0.266. The zero-order valence-electron chi connectivity index (χ0n) is 9.30. The van der Waals surface area contributed by atoms with Crippen LogP contribution in [0.4, 0.5) is 10.5 Å². The molecule has 0 spiro atoms. The summed E-state index contributed by atoms with van der Waals surface area (Å²) >= 11 is 2.91. The number of hydrogen-bond donors (Lipinski definition) is 0. The van der Waals surface area contributed by atoms with Crippen molar-refractivity contribution in [2.24, 2.45) is 0 Å². The van der Waals surface area contributed by atoms with E-state index in [9.17, 15) is 4.79 Å². The molecule has 4 heteroatoms. The highest BCUT2D eigenvalue weighted by Crippen LogP contribution is 2.31. The standard InChI is InChI=1S/C11H14BrNO2/c1-7-5-9(13(3)11(12)14)10(15-4)6-8(7)2/h5-6H,1-4H3. The Balaban J connectivity index is 3.27. The fourth-order valence-corrected chi connectivity index (χ4v) is 1.49. The highest BCUT2D eigenvalue weighted by atomic mass is 79.9. The van der Waals surface area contributed by atoms with Crippen LogP contribution in [0.2, 0.25) is 0 Å². The van der Waals surface area contributed by atoms with Gasteiger partial charge in [-0.2, -0.15) is 0 Å². The Morgan fingerprint density at radius 1 is 1.33 bits per heavy atom. The van der Waals surface area contributed by atoms with E-state index in [0.29, 0.717) is 5.75 Å². The van der Waals surface area contributed by atoms with E-state index < -0.39 is 0 Å². The number of rotatable bonds is 2. The van der Waals surface area contributed by atoms with Crippen LogP contribution in [-0.2, 0) is 0 Å². The van der Waals surface area contributed by atoms with Crippen molar-refractivity contribution < 1.29 is 9.53 Å². The fraction of sp³-hybridized carbons (Fsp3) is 0.364.